The fourth-order valence-electron chi connectivity index (χ4n) is 2.80. The van der Waals surface area contributed by atoms with Crippen LogP contribution in [0.4, 0.5) is 0 Å². The van der Waals surface area contributed by atoms with Gasteiger partial charge in [-0.3, -0.25) is 9.59 Å². The van der Waals surface area contributed by atoms with Gasteiger partial charge < -0.3 is 9.52 Å². The van der Waals surface area contributed by atoms with Crippen molar-refractivity contribution in [2.24, 2.45) is 0 Å². The first-order valence-electron chi connectivity index (χ1n) is 7.46. The smallest absolute Gasteiger partial charge is 0.310 e. The van der Waals surface area contributed by atoms with Gasteiger partial charge in [-0.2, -0.15) is 0 Å². The predicted octanol–water partition coefficient (Wildman–Crippen LogP) is 4.04. The fourth-order valence-corrected chi connectivity index (χ4v) is 2.80. The maximum atomic E-state index is 12.6. The number of carboxylic acid groups (broad SMARTS) is 1. The lowest BCUT2D eigenvalue weighted by molar-refractivity contribution is -0.138. The van der Waals surface area contributed by atoms with Crippen LogP contribution in [0.3, 0.4) is 0 Å². The lowest BCUT2D eigenvalue weighted by Gasteiger charge is -2.13. The van der Waals surface area contributed by atoms with Crippen LogP contribution in [0.2, 0.25) is 0 Å². The van der Waals surface area contributed by atoms with Crippen LogP contribution >= 0.6 is 0 Å². The van der Waals surface area contributed by atoms with E-state index >= 15 is 0 Å². The Morgan fingerprint density at radius 1 is 1.13 bits per heavy atom. The fraction of sp³-hybridized carbons (Fsp3) is 0.158. The van der Waals surface area contributed by atoms with Crippen LogP contribution in [0.25, 0.3) is 22.3 Å². The van der Waals surface area contributed by atoms with E-state index in [0.717, 1.165) is 5.56 Å². The molecule has 116 valence electrons. The van der Waals surface area contributed by atoms with Gasteiger partial charge in [0.15, 0.2) is 5.43 Å². The summed E-state index contributed by atoms with van der Waals surface area (Å²) in [6, 6.07) is 15.9. The molecular formula is C19H16O4. The monoisotopic (exact) mass is 308 g/mol. The number of aliphatic carboxylic acids is 1. The second-order valence-electron chi connectivity index (χ2n) is 5.36. The van der Waals surface area contributed by atoms with Crippen LogP contribution in [-0.4, -0.2) is 11.1 Å². The molecule has 0 aliphatic carbocycles. The minimum absolute atomic E-state index is 0.222. The van der Waals surface area contributed by atoms with Crippen LogP contribution in [-0.2, 0) is 4.79 Å². The lowest BCUT2D eigenvalue weighted by atomic mass is 9.93. The molecule has 0 radical (unpaired) electrons. The van der Waals surface area contributed by atoms with Crippen molar-refractivity contribution in [3.8, 4) is 11.3 Å². The van der Waals surface area contributed by atoms with Crippen molar-refractivity contribution in [3.63, 3.8) is 0 Å². The molecule has 0 spiro atoms. The van der Waals surface area contributed by atoms with E-state index in [9.17, 15) is 14.7 Å². The van der Waals surface area contributed by atoms with E-state index in [2.05, 4.69) is 0 Å². The Labute approximate surface area is 133 Å². The largest absolute Gasteiger partial charge is 0.481 e. The van der Waals surface area contributed by atoms with E-state index in [1.165, 1.54) is 6.07 Å². The highest BCUT2D eigenvalue weighted by molar-refractivity contribution is 5.88. The summed E-state index contributed by atoms with van der Waals surface area (Å²) in [5.74, 6) is -1.18. The topological polar surface area (TPSA) is 67.5 Å². The quantitative estimate of drug-likeness (QED) is 0.790. The lowest BCUT2D eigenvalue weighted by Crippen LogP contribution is -2.14. The number of hydrogen-bond acceptors (Lipinski definition) is 3. The molecule has 0 bridgehead atoms. The Hall–Kier alpha value is -2.88. The number of carboxylic acids is 1. The van der Waals surface area contributed by atoms with Crippen molar-refractivity contribution < 1.29 is 14.3 Å². The predicted molar refractivity (Wildman–Crippen MR) is 88.6 cm³/mol. The number of rotatable bonds is 4. The van der Waals surface area contributed by atoms with Gasteiger partial charge >= 0.3 is 5.97 Å². The minimum atomic E-state index is -0.938. The van der Waals surface area contributed by atoms with E-state index < -0.39 is 11.9 Å². The van der Waals surface area contributed by atoms with Crippen molar-refractivity contribution in [2.75, 3.05) is 0 Å². The van der Waals surface area contributed by atoms with E-state index in [1.54, 1.807) is 25.1 Å². The molecule has 1 N–H and O–H groups in total. The van der Waals surface area contributed by atoms with Gasteiger partial charge in [0.2, 0.25) is 0 Å². The summed E-state index contributed by atoms with van der Waals surface area (Å²) in [4.78, 5) is 24.0. The molecule has 3 aromatic rings. The van der Waals surface area contributed by atoms with Crippen LogP contribution < -0.4 is 5.43 Å². The van der Waals surface area contributed by atoms with E-state index in [-0.39, 0.29) is 5.43 Å². The summed E-state index contributed by atoms with van der Waals surface area (Å²) in [6.45, 7) is 1.79. The Kier molecular flexibility index (Phi) is 3.98. The molecule has 0 saturated heterocycles. The average molecular weight is 308 g/mol. The third-order valence-corrected chi connectivity index (χ3v) is 3.93. The summed E-state index contributed by atoms with van der Waals surface area (Å²) >= 11 is 0. The molecule has 1 atom stereocenters. The Morgan fingerprint density at radius 3 is 2.52 bits per heavy atom. The van der Waals surface area contributed by atoms with E-state index in [0.29, 0.717) is 28.7 Å². The SMILES string of the molecule is CCC(C(=O)O)c1cccc2oc(-c3ccccc3)cc(=O)c12. The van der Waals surface area contributed by atoms with Crippen molar-refractivity contribution in [3.05, 3.63) is 70.4 Å². The highest BCUT2D eigenvalue weighted by atomic mass is 16.4. The van der Waals surface area contributed by atoms with Gasteiger partial charge in [0.25, 0.3) is 0 Å². The third-order valence-electron chi connectivity index (χ3n) is 3.93. The second kappa shape index (κ2) is 6.08. The Balaban J connectivity index is 2.25. The molecule has 4 heteroatoms. The molecule has 0 fully saturated rings. The molecule has 2 aromatic carbocycles. The zero-order chi connectivity index (χ0) is 16.4. The molecule has 0 aliphatic heterocycles. The van der Waals surface area contributed by atoms with Crippen LogP contribution in [0.5, 0.6) is 0 Å². The maximum absolute atomic E-state index is 12.6. The normalized spacial score (nSPS) is 12.2. The molecule has 1 heterocycles. The molecule has 1 aromatic heterocycles. The molecular weight excluding hydrogens is 292 g/mol. The van der Waals surface area contributed by atoms with Crippen LogP contribution in [0, 0.1) is 0 Å². The average Bonchev–Trinajstić information content (AvgIpc) is 2.56. The Morgan fingerprint density at radius 2 is 1.87 bits per heavy atom. The summed E-state index contributed by atoms with van der Waals surface area (Å²) in [5.41, 5.74) is 1.50. The molecule has 0 amide bonds. The zero-order valence-corrected chi connectivity index (χ0v) is 12.7. The number of hydrogen-bond donors (Lipinski definition) is 1. The molecule has 3 rings (SSSR count). The zero-order valence-electron chi connectivity index (χ0n) is 12.7. The van der Waals surface area contributed by atoms with Crippen LogP contribution in [0.1, 0.15) is 24.8 Å². The van der Waals surface area contributed by atoms with Gasteiger partial charge in [-0.1, -0.05) is 49.4 Å². The number of carbonyl (C=O) groups is 1. The van der Waals surface area contributed by atoms with Crippen molar-refractivity contribution in [2.45, 2.75) is 19.3 Å². The van der Waals surface area contributed by atoms with Crippen molar-refractivity contribution >= 4 is 16.9 Å². The maximum Gasteiger partial charge on any atom is 0.310 e. The molecule has 0 saturated carbocycles. The molecule has 23 heavy (non-hydrogen) atoms. The summed E-state index contributed by atoms with van der Waals surface area (Å²) in [6.07, 6.45) is 0.411. The summed E-state index contributed by atoms with van der Waals surface area (Å²) < 4.78 is 5.85. The first-order valence-corrected chi connectivity index (χ1v) is 7.46. The van der Waals surface area contributed by atoms with Gasteiger partial charge in [0.1, 0.15) is 11.3 Å². The number of fused-ring (bicyclic) bond motifs is 1. The highest BCUT2D eigenvalue weighted by Gasteiger charge is 2.22. The Bertz CT molecular complexity index is 910. The minimum Gasteiger partial charge on any atom is -0.481 e. The van der Waals surface area contributed by atoms with Crippen molar-refractivity contribution in [1.29, 1.82) is 0 Å². The number of benzene rings is 2. The van der Waals surface area contributed by atoms with Crippen LogP contribution in [0.15, 0.2) is 63.8 Å². The molecule has 4 nitrogen and oxygen atoms in total. The third kappa shape index (κ3) is 2.75. The van der Waals surface area contributed by atoms with Gasteiger partial charge in [-0.05, 0) is 18.1 Å². The second-order valence-corrected chi connectivity index (χ2v) is 5.36. The van der Waals surface area contributed by atoms with Gasteiger partial charge in [0, 0.05) is 11.6 Å². The van der Waals surface area contributed by atoms with Gasteiger partial charge in [0.05, 0.1) is 11.3 Å². The van der Waals surface area contributed by atoms with Gasteiger partial charge in [-0.25, -0.2) is 0 Å². The summed E-state index contributed by atoms with van der Waals surface area (Å²) in [7, 11) is 0. The van der Waals surface area contributed by atoms with E-state index in [4.69, 9.17) is 4.42 Å². The van der Waals surface area contributed by atoms with Crippen molar-refractivity contribution in [1.82, 2.24) is 0 Å². The first-order chi connectivity index (χ1) is 11.1. The van der Waals surface area contributed by atoms with Gasteiger partial charge in [-0.15, -0.1) is 0 Å². The highest BCUT2D eigenvalue weighted by Crippen LogP contribution is 2.28. The standard InChI is InChI=1S/C19H16O4/c1-2-13(19(21)22)14-9-6-10-16-18(14)15(20)11-17(23-16)12-7-4-3-5-8-12/h3-11,13H,2H2,1H3,(H,21,22). The van der Waals surface area contributed by atoms with E-state index in [1.807, 2.05) is 30.3 Å². The first kappa shape index (κ1) is 15.0. The summed E-state index contributed by atoms with van der Waals surface area (Å²) in [5, 5.41) is 9.73. The molecule has 0 aliphatic rings. The molecule has 1 unspecified atom stereocenters.